The predicted octanol–water partition coefficient (Wildman–Crippen LogP) is 3.71. The molecule has 112 valence electrons. The summed E-state index contributed by atoms with van der Waals surface area (Å²) in [4.78, 5) is 4.19. The zero-order valence-electron chi connectivity index (χ0n) is 12.6. The van der Waals surface area contributed by atoms with Gasteiger partial charge in [-0.1, -0.05) is 19.1 Å². The number of hydrogen-bond acceptors (Lipinski definition) is 3. The Bertz CT molecular complexity index is 569. The fourth-order valence-corrected chi connectivity index (χ4v) is 2.19. The minimum absolute atomic E-state index is 0.0775. The minimum atomic E-state index is -0.328. The zero-order chi connectivity index (χ0) is 15.2. The van der Waals surface area contributed by atoms with Crippen LogP contribution in [-0.2, 0) is 0 Å². The molecule has 1 aromatic carbocycles. The first-order valence-electron chi connectivity index (χ1n) is 7.21. The molecular weight excluding hydrogens is 267 g/mol. The second kappa shape index (κ2) is 7.18. The number of halogens is 1. The van der Waals surface area contributed by atoms with Crippen molar-refractivity contribution >= 4 is 0 Å². The maximum Gasteiger partial charge on any atom is 0.141 e. The molecule has 1 aromatic heterocycles. The lowest BCUT2D eigenvalue weighted by Crippen LogP contribution is -2.23. The van der Waals surface area contributed by atoms with Gasteiger partial charge in [-0.05, 0) is 50.2 Å². The molecule has 0 saturated heterocycles. The predicted molar refractivity (Wildman–Crippen MR) is 81.9 cm³/mol. The molecule has 0 radical (unpaired) electrons. The molecule has 0 spiro atoms. The van der Waals surface area contributed by atoms with E-state index < -0.39 is 0 Å². The summed E-state index contributed by atoms with van der Waals surface area (Å²) in [6.45, 7) is 6.82. The fraction of sp³-hybridized carbons (Fsp3) is 0.353. The zero-order valence-corrected chi connectivity index (χ0v) is 12.6. The molecule has 21 heavy (non-hydrogen) atoms. The van der Waals surface area contributed by atoms with Crippen molar-refractivity contribution in [2.75, 3.05) is 6.54 Å². The molecular formula is C17H21FN2O. The third-order valence-corrected chi connectivity index (χ3v) is 3.02. The van der Waals surface area contributed by atoms with E-state index in [9.17, 15) is 4.39 Å². The van der Waals surface area contributed by atoms with Gasteiger partial charge in [0.25, 0.3) is 0 Å². The summed E-state index contributed by atoms with van der Waals surface area (Å²) in [6.07, 6.45) is 1.37. The lowest BCUT2D eigenvalue weighted by atomic mass is 10.0. The van der Waals surface area contributed by atoms with Gasteiger partial charge < -0.3 is 10.1 Å². The van der Waals surface area contributed by atoms with Crippen molar-refractivity contribution in [2.45, 2.75) is 32.9 Å². The molecule has 0 saturated carbocycles. The average molecular weight is 288 g/mol. The molecule has 3 nitrogen and oxygen atoms in total. The standard InChI is InChI=1S/C17H21FN2O/c1-4-19-17(16-9-8-14(18)11-20-16)13-6-5-7-15(10-13)21-12(2)3/h5-12,17,19H,4H2,1-3H3. The number of nitrogens with zero attached hydrogens (tertiary/aromatic N) is 1. The van der Waals surface area contributed by atoms with Crippen LogP contribution < -0.4 is 10.1 Å². The van der Waals surface area contributed by atoms with E-state index in [1.807, 2.05) is 45.0 Å². The topological polar surface area (TPSA) is 34.1 Å². The van der Waals surface area contributed by atoms with Gasteiger partial charge in [0.05, 0.1) is 24.0 Å². The third-order valence-electron chi connectivity index (χ3n) is 3.02. The molecule has 2 aromatic rings. The van der Waals surface area contributed by atoms with E-state index in [2.05, 4.69) is 10.3 Å². The molecule has 0 fully saturated rings. The summed E-state index contributed by atoms with van der Waals surface area (Å²) in [6, 6.07) is 11.0. The van der Waals surface area contributed by atoms with Crippen LogP contribution in [0, 0.1) is 5.82 Å². The van der Waals surface area contributed by atoms with Gasteiger partial charge in [-0.3, -0.25) is 4.98 Å². The summed E-state index contributed by atoms with van der Waals surface area (Å²) in [7, 11) is 0. The van der Waals surface area contributed by atoms with Crippen LogP contribution in [0.2, 0.25) is 0 Å². The number of rotatable bonds is 6. The van der Waals surface area contributed by atoms with Crippen molar-refractivity contribution in [3.8, 4) is 5.75 Å². The minimum Gasteiger partial charge on any atom is -0.491 e. The smallest absolute Gasteiger partial charge is 0.141 e. The third kappa shape index (κ3) is 4.26. The number of benzene rings is 1. The van der Waals surface area contributed by atoms with Gasteiger partial charge in [0.15, 0.2) is 0 Å². The first-order chi connectivity index (χ1) is 10.1. The molecule has 1 atom stereocenters. The second-order valence-corrected chi connectivity index (χ2v) is 5.13. The highest BCUT2D eigenvalue weighted by molar-refractivity contribution is 5.34. The highest BCUT2D eigenvalue weighted by Crippen LogP contribution is 2.24. The van der Waals surface area contributed by atoms with Crippen molar-refractivity contribution in [1.29, 1.82) is 0 Å². The van der Waals surface area contributed by atoms with Gasteiger partial charge in [-0.2, -0.15) is 0 Å². The SMILES string of the molecule is CCNC(c1cccc(OC(C)C)c1)c1ccc(F)cn1. The maximum absolute atomic E-state index is 13.0. The first-order valence-corrected chi connectivity index (χ1v) is 7.21. The van der Waals surface area contributed by atoms with E-state index in [0.717, 1.165) is 23.6 Å². The van der Waals surface area contributed by atoms with E-state index in [1.165, 1.54) is 12.3 Å². The van der Waals surface area contributed by atoms with Crippen LogP contribution in [0.4, 0.5) is 4.39 Å². The van der Waals surface area contributed by atoms with Crippen LogP contribution >= 0.6 is 0 Å². The normalized spacial score (nSPS) is 12.4. The van der Waals surface area contributed by atoms with E-state index in [1.54, 1.807) is 6.07 Å². The number of aromatic nitrogens is 1. The largest absolute Gasteiger partial charge is 0.491 e. The van der Waals surface area contributed by atoms with E-state index >= 15 is 0 Å². The molecule has 0 amide bonds. The van der Waals surface area contributed by atoms with Gasteiger partial charge in [0.2, 0.25) is 0 Å². The van der Waals surface area contributed by atoms with Gasteiger partial charge in [0.1, 0.15) is 11.6 Å². The first kappa shape index (κ1) is 15.4. The van der Waals surface area contributed by atoms with Crippen molar-refractivity contribution in [3.05, 3.63) is 59.7 Å². The van der Waals surface area contributed by atoms with Crippen LogP contribution in [0.15, 0.2) is 42.6 Å². The highest BCUT2D eigenvalue weighted by atomic mass is 19.1. The Kier molecular flexibility index (Phi) is 5.28. The van der Waals surface area contributed by atoms with Gasteiger partial charge >= 0.3 is 0 Å². The van der Waals surface area contributed by atoms with Crippen molar-refractivity contribution in [2.24, 2.45) is 0 Å². The molecule has 1 N–H and O–H groups in total. The van der Waals surface area contributed by atoms with Crippen molar-refractivity contribution in [1.82, 2.24) is 10.3 Å². The number of hydrogen-bond donors (Lipinski definition) is 1. The summed E-state index contributed by atoms with van der Waals surface area (Å²) in [5, 5.41) is 3.37. The van der Waals surface area contributed by atoms with Crippen molar-refractivity contribution in [3.63, 3.8) is 0 Å². The molecule has 0 aliphatic rings. The molecule has 1 unspecified atom stereocenters. The van der Waals surface area contributed by atoms with Crippen LogP contribution in [0.5, 0.6) is 5.75 Å². The van der Waals surface area contributed by atoms with Crippen LogP contribution in [0.1, 0.15) is 38.1 Å². The van der Waals surface area contributed by atoms with Crippen LogP contribution in [-0.4, -0.2) is 17.6 Å². The second-order valence-electron chi connectivity index (χ2n) is 5.13. The quantitative estimate of drug-likeness (QED) is 0.880. The molecule has 1 heterocycles. The molecule has 2 rings (SSSR count). The van der Waals surface area contributed by atoms with Crippen molar-refractivity contribution < 1.29 is 9.13 Å². The summed E-state index contributed by atoms with van der Waals surface area (Å²) in [5.74, 6) is 0.499. The highest BCUT2D eigenvalue weighted by Gasteiger charge is 2.15. The Morgan fingerprint density at radius 1 is 1.24 bits per heavy atom. The Labute approximate surface area is 125 Å². The number of nitrogens with one attached hydrogen (secondary N) is 1. The summed E-state index contributed by atoms with van der Waals surface area (Å²) >= 11 is 0. The van der Waals surface area contributed by atoms with E-state index in [4.69, 9.17) is 4.74 Å². The molecule has 0 bridgehead atoms. The molecule has 0 aliphatic heterocycles. The Balaban J connectivity index is 2.31. The Morgan fingerprint density at radius 3 is 2.67 bits per heavy atom. The molecule has 4 heteroatoms. The lowest BCUT2D eigenvalue weighted by Gasteiger charge is -2.19. The molecule has 0 aliphatic carbocycles. The maximum atomic E-state index is 13.0. The van der Waals surface area contributed by atoms with E-state index in [-0.39, 0.29) is 18.0 Å². The number of ether oxygens (including phenoxy) is 1. The monoisotopic (exact) mass is 288 g/mol. The van der Waals surface area contributed by atoms with Crippen LogP contribution in [0.25, 0.3) is 0 Å². The summed E-state index contributed by atoms with van der Waals surface area (Å²) < 4.78 is 18.8. The fourth-order valence-electron chi connectivity index (χ4n) is 2.19. The average Bonchev–Trinajstić information content (AvgIpc) is 2.45. The Morgan fingerprint density at radius 2 is 2.05 bits per heavy atom. The van der Waals surface area contributed by atoms with Gasteiger partial charge in [0, 0.05) is 0 Å². The van der Waals surface area contributed by atoms with E-state index in [0.29, 0.717) is 0 Å². The van der Waals surface area contributed by atoms with Gasteiger partial charge in [-0.15, -0.1) is 0 Å². The van der Waals surface area contributed by atoms with Crippen LogP contribution in [0.3, 0.4) is 0 Å². The number of pyridine rings is 1. The Hall–Kier alpha value is -1.94. The summed E-state index contributed by atoms with van der Waals surface area (Å²) in [5.41, 5.74) is 1.84. The lowest BCUT2D eigenvalue weighted by molar-refractivity contribution is 0.242. The van der Waals surface area contributed by atoms with Gasteiger partial charge in [-0.25, -0.2) is 4.39 Å².